The van der Waals surface area contributed by atoms with Crippen molar-refractivity contribution in [1.82, 2.24) is 10.2 Å². The highest BCUT2D eigenvalue weighted by Crippen LogP contribution is 2.34. The number of rotatable bonds is 6. The van der Waals surface area contributed by atoms with Gasteiger partial charge in [0, 0.05) is 31.7 Å². The van der Waals surface area contributed by atoms with E-state index in [2.05, 4.69) is 37.9 Å². The van der Waals surface area contributed by atoms with Gasteiger partial charge in [-0.15, -0.1) is 0 Å². The molecule has 0 spiro atoms. The molecular weight excluding hydrogens is 248 g/mol. The predicted molar refractivity (Wildman–Crippen MR) is 85.0 cm³/mol. The van der Waals surface area contributed by atoms with E-state index >= 15 is 0 Å². The van der Waals surface area contributed by atoms with Crippen LogP contribution in [0.25, 0.3) is 0 Å². The molecule has 3 heteroatoms. The Labute approximate surface area is 125 Å². The van der Waals surface area contributed by atoms with Crippen LogP contribution in [0.15, 0.2) is 0 Å². The van der Waals surface area contributed by atoms with Crippen molar-refractivity contribution >= 4 is 0 Å². The molecule has 1 N–H and O–H groups in total. The monoisotopic (exact) mass is 282 g/mol. The maximum absolute atomic E-state index is 5.84. The highest BCUT2D eigenvalue weighted by Gasteiger charge is 2.38. The summed E-state index contributed by atoms with van der Waals surface area (Å²) in [5, 5.41) is 3.68. The first-order valence-corrected chi connectivity index (χ1v) is 8.42. The maximum Gasteiger partial charge on any atom is 0.0546 e. The zero-order chi connectivity index (χ0) is 14.6. The maximum atomic E-state index is 5.84. The lowest BCUT2D eigenvalue weighted by molar-refractivity contribution is -0.0243. The van der Waals surface area contributed by atoms with Crippen molar-refractivity contribution in [2.75, 3.05) is 45.9 Å². The van der Waals surface area contributed by atoms with Crippen molar-refractivity contribution in [3.63, 3.8) is 0 Å². The van der Waals surface area contributed by atoms with Gasteiger partial charge in [0.2, 0.25) is 0 Å². The van der Waals surface area contributed by atoms with Gasteiger partial charge in [-0.2, -0.15) is 0 Å². The van der Waals surface area contributed by atoms with E-state index in [1.807, 2.05) is 0 Å². The van der Waals surface area contributed by atoms with Crippen molar-refractivity contribution in [2.24, 2.45) is 16.7 Å². The van der Waals surface area contributed by atoms with Gasteiger partial charge in [-0.05, 0) is 43.7 Å². The Morgan fingerprint density at radius 1 is 1.25 bits per heavy atom. The van der Waals surface area contributed by atoms with Gasteiger partial charge >= 0.3 is 0 Å². The molecule has 2 aliphatic rings. The quantitative estimate of drug-likeness (QED) is 0.811. The van der Waals surface area contributed by atoms with Crippen LogP contribution in [0.2, 0.25) is 0 Å². The molecule has 2 rings (SSSR count). The smallest absolute Gasteiger partial charge is 0.0546 e. The van der Waals surface area contributed by atoms with Gasteiger partial charge < -0.3 is 15.0 Å². The summed E-state index contributed by atoms with van der Waals surface area (Å²) in [7, 11) is 0. The molecule has 1 unspecified atom stereocenters. The van der Waals surface area contributed by atoms with Crippen LogP contribution in [0.1, 0.15) is 47.0 Å². The van der Waals surface area contributed by atoms with E-state index in [-0.39, 0.29) is 0 Å². The lowest BCUT2D eigenvalue weighted by Gasteiger charge is -2.40. The molecular formula is C17H34N2O. The second kappa shape index (κ2) is 6.76. The Hall–Kier alpha value is -0.120. The highest BCUT2D eigenvalue weighted by molar-refractivity contribution is 4.91. The fourth-order valence-corrected chi connectivity index (χ4v) is 3.69. The molecule has 0 saturated carbocycles. The summed E-state index contributed by atoms with van der Waals surface area (Å²) in [5.74, 6) is 0.724. The van der Waals surface area contributed by atoms with E-state index in [0.29, 0.717) is 10.8 Å². The molecule has 20 heavy (non-hydrogen) atoms. The van der Waals surface area contributed by atoms with Crippen LogP contribution in [-0.2, 0) is 4.74 Å². The average molecular weight is 282 g/mol. The number of hydrogen-bond donors (Lipinski definition) is 1. The third kappa shape index (κ3) is 4.71. The number of ether oxygens (including phenoxy) is 1. The molecule has 2 fully saturated rings. The van der Waals surface area contributed by atoms with Crippen molar-refractivity contribution < 1.29 is 4.74 Å². The van der Waals surface area contributed by atoms with Crippen molar-refractivity contribution in [1.29, 1.82) is 0 Å². The summed E-state index contributed by atoms with van der Waals surface area (Å²) >= 11 is 0. The Morgan fingerprint density at radius 3 is 2.60 bits per heavy atom. The molecule has 3 nitrogen and oxygen atoms in total. The Balaban J connectivity index is 1.89. The minimum atomic E-state index is 0.341. The van der Waals surface area contributed by atoms with Gasteiger partial charge in [0.15, 0.2) is 0 Å². The molecule has 2 saturated heterocycles. The third-order valence-electron chi connectivity index (χ3n) is 4.77. The summed E-state index contributed by atoms with van der Waals surface area (Å²) < 4.78 is 5.84. The number of nitrogens with zero attached hydrogens (tertiary/aromatic N) is 1. The zero-order valence-corrected chi connectivity index (χ0v) is 14.0. The van der Waals surface area contributed by atoms with Gasteiger partial charge in [0.1, 0.15) is 0 Å². The third-order valence-corrected chi connectivity index (χ3v) is 4.77. The number of hydrogen-bond acceptors (Lipinski definition) is 3. The van der Waals surface area contributed by atoms with Crippen molar-refractivity contribution in [3.8, 4) is 0 Å². The summed E-state index contributed by atoms with van der Waals surface area (Å²) in [5.41, 5.74) is 0.843. The van der Waals surface area contributed by atoms with Crippen LogP contribution >= 0.6 is 0 Å². The molecule has 0 radical (unpaired) electrons. The SMILES string of the molecule is CC(C)CNCC1(CN2CCC(C)(C)C2)CCCOC1. The first-order valence-electron chi connectivity index (χ1n) is 8.42. The van der Waals surface area contributed by atoms with Crippen LogP contribution in [0.5, 0.6) is 0 Å². The Kier molecular flexibility index (Phi) is 5.49. The Morgan fingerprint density at radius 2 is 2.05 bits per heavy atom. The topological polar surface area (TPSA) is 24.5 Å². The van der Waals surface area contributed by atoms with Gasteiger partial charge in [-0.3, -0.25) is 0 Å². The second-order valence-corrected chi connectivity index (χ2v) is 8.31. The van der Waals surface area contributed by atoms with Gasteiger partial charge in [-0.1, -0.05) is 27.7 Å². The summed E-state index contributed by atoms with van der Waals surface area (Å²) in [6.45, 7) is 17.2. The summed E-state index contributed by atoms with van der Waals surface area (Å²) in [6, 6.07) is 0. The van der Waals surface area contributed by atoms with E-state index in [1.165, 1.54) is 38.9 Å². The molecule has 1 atom stereocenters. The largest absolute Gasteiger partial charge is 0.381 e. The fourth-order valence-electron chi connectivity index (χ4n) is 3.69. The normalized spacial score (nSPS) is 31.1. The fraction of sp³-hybridized carbons (Fsp3) is 1.00. The van der Waals surface area contributed by atoms with Crippen LogP contribution in [0.4, 0.5) is 0 Å². The first-order chi connectivity index (χ1) is 9.41. The van der Waals surface area contributed by atoms with Gasteiger partial charge in [0.25, 0.3) is 0 Å². The average Bonchev–Trinajstić information content (AvgIpc) is 2.69. The van der Waals surface area contributed by atoms with Crippen LogP contribution in [-0.4, -0.2) is 50.8 Å². The molecule has 0 amide bonds. The molecule has 2 aliphatic heterocycles. The molecule has 0 aliphatic carbocycles. The molecule has 0 aromatic rings. The van der Waals surface area contributed by atoms with E-state index in [4.69, 9.17) is 4.74 Å². The number of likely N-dealkylation sites (tertiary alicyclic amines) is 1. The molecule has 0 aromatic carbocycles. The van der Waals surface area contributed by atoms with E-state index < -0.39 is 0 Å². The highest BCUT2D eigenvalue weighted by atomic mass is 16.5. The summed E-state index contributed by atoms with van der Waals surface area (Å²) in [4.78, 5) is 2.67. The number of nitrogens with one attached hydrogen (secondary N) is 1. The molecule has 118 valence electrons. The van der Waals surface area contributed by atoms with Gasteiger partial charge in [-0.25, -0.2) is 0 Å². The Bertz CT molecular complexity index is 295. The van der Waals surface area contributed by atoms with Gasteiger partial charge in [0.05, 0.1) is 6.61 Å². The van der Waals surface area contributed by atoms with Crippen LogP contribution in [0.3, 0.4) is 0 Å². The lowest BCUT2D eigenvalue weighted by Crippen LogP contribution is -2.49. The van der Waals surface area contributed by atoms with Crippen LogP contribution in [0, 0.1) is 16.7 Å². The zero-order valence-electron chi connectivity index (χ0n) is 14.0. The lowest BCUT2D eigenvalue weighted by atomic mass is 9.81. The summed E-state index contributed by atoms with van der Waals surface area (Å²) in [6.07, 6.45) is 3.87. The first kappa shape index (κ1) is 16.3. The molecule has 2 heterocycles. The predicted octanol–water partition coefficient (Wildman–Crippen LogP) is 2.76. The molecule has 0 bridgehead atoms. The van der Waals surface area contributed by atoms with E-state index in [0.717, 1.165) is 32.2 Å². The van der Waals surface area contributed by atoms with Crippen molar-refractivity contribution in [3.05, 3.63) is 0 Å². The second-order valence-electron chi connectivity index (χ2n) is 8.31. The van der Waals surface area contributed by atoms with Crippen molar-refractivity contribution in [2.45, 2.75) is 47.0 Å². The minimum absolute atomic E-state index is 0.341. The van der Waals surface area contributed by atoms with Crippen LogP contribution < -0.4 is 5.32 Å². The minimum Gasteiger partial charge on any atom is -0.381 e. The van der Waals surface area contributed by atoms with E-state index in [9.17, 15) is 0 Å². The standard InChI is InChI=1S/C17H34N2O/c1-15(2)10-18-11-17(6-5-9-20-14-17)13-19-8-7-16(3,4)12-19/h15,18H,5-14H2,1-4H3. The van der Waals surface area contributed by atoms with E-state index in [1.54, 1.807) is 0 Å². The molecule has 0 aromatic heterocycles.